The van der Waals surface area contributed by atoms with Gasteiger partial charge < -0.3 is 15.0 Å². The maximum absolute atomic E-state index is 5.10. The van der Waals surface area contributed by atoms with Gasteiger partial charge in [0.05, 0.1) is 6.61 Å². The molecule has 0 saturated carbocycles. The third-order valence-corrected chi connectivity index (χ3v) is 3.35. The number of rotatable bonds is 4. The molecule has 1 fully saturated rings. The molecule has 1 heterocycles. The van der Waals surface area contributed by atoms with Crippen LogP contribution >= 0.6 is 0 Å². The highest BCUT2D eigenvalue weighted by molar-refractivity contribution is 5.45. The zero-order chi connectivity index (χ0) is 12.1. The molecule has 0 unspecified atom stereocenters. The average Bonchev–Trinajstić information content (AvgIpc) is 2.35. The standard InChI is InChI=1S/C14H22N2O/c1-16-9-7-14(8-10-16)15-13-5-3-12(4-6-13)11-17-2/h3-6,14-15H,7-11H2,1-2H3. The Kier molecular flexibility index (Phi) is 4.40. The van der Waals surface area contributed by atoms with Crippen molar-refractivity contribution < 1.29 is 4.74 Å². The van der Waals surface area contributed by atoms with Gasteiger partial charge in [0, 0.05) is 18.8 Å². The predicted octanol–water partition coefficient (Wildman–Crippen LogP) is 2.34. The first kappa shape index (κ1) is 12.4. The van der Waals surface area contributed by atoms with Crippen molar-refractivity contribution in [1.82, 2.24) is 4.90 Å². The van der Waals surface area contributed by atoms with Crippen molar-refractivity contribution in [1.29, 1.82) is 0 Å². The van der Waals surface area contributed by atoms with Crippen molar-refractivity contribution in [3.05, 3.63) is 29.8 Å². The van der Waals surface area contributed by atoms with Crippen LogP contribution in [0.5, 0.6) is 0 Å². The number of nitrogens with zero attached hydrogens (tertiary/aromatic N) is 1. The van der Waals surface area contributed by atoms with Crippen molar-refractivity contribution in [2.45, 2.75) is 25.5 Å². The van der Waals surface area contributed by atoms with Gasteiger partial charge in [0.25, 0.3) is 0 Å². The SMILES string of the molecule is COCc1ccc(NC2CCN(C)CC2)cc1. The van der Waals surface area contributed by atoms with Crippen LogP contribution in [-0.2, 0) is 11.3 Å². The van der Waals surface area contributed by atoms with E-state index in [9.17, 15) is 0 Å². The summed E-state index contributed by atoms with van der Waals surface area (Å²) in [6.45, 7) is 3.08. The normalized spacial score (nSPS) is 18.2. The molecule has 0 amide bonds. The van der Waals surface area contributed by atoms with Crippen LogP contribution in [0.4, 0.5) is 5.69 Å². The molecule has 1 saturated heterocycles. The van der Waals surface area contributed by atoms with Gasteiger partial charge in [-0.3, -0.25) is 0 Å². The van der Waals surface area contributed by atoms with Crippen LogP contribution in [0.3, 0.4) is 0 Å². The van der Waals surface area contributed by atoms with Gasteiger partial charge in [-0.1, -0.05) is 12.1 Å². The molecule has 3 nitrogen and oxygen atoms in total. The number of likely N-dealkylation sites (tertiary alicyclic amines) is 1. The largest absolute Gasteiger partial charge is 0.382 e. The summed E-state index contributed by atoms with van der Waals surface area (Å²) < 4.78 is 5.10. The van der Waals surface area contributed by atoms with Crippen LogP contribution in [0.2, 0.25) is 0 Å². The molecule has 0 aliphatic carbocycles. The second kappa shape index (κ2) is 6.03. The van der Waals surface area contributed by atoms with E-state index in [1.807, 2.05) is 0 Å². The van der Waals surface area contributed by atoms with Gasteiger partial charge in [-0.2, -0.15) is 0 Å². The van der Waals surface area contributed by atoms with Crippen LogP contribution in [0.15, 0.2) is 24.3 Å². The average molecular weight is 234 g/mol. The summed E-state index contributed by atoms with van der Waals surface area (Å²) >= 11 is 0. The van der Waals surface area contributed by atoms with E-state index in [2.05, 4.69) is 41.5 Å². The van der Waals surface area contributed by atoms with Crippen LogP contribution in [0.25, 0.3) is 0 Å². The van der Waals surface area contributed by atoms with Crippen molar-refractivity contribution in [2.24, 2.45) is 0 Å². The molecule has 1 aromatic rings. The Balaban J connectivity index is 1.86. The van der Waals surface area contributed by atoms with Crippen molar-refractivity contribution >= 4 is 5.69 Å². The lowest BCUT2D eigenvalue weighted by atomic mass is 10.1. The fourth-order valence-corrected chi connectivity index (χ4v) is 2.25. The fourth-order valence-electron chi connectivity index (χ4n) is 2.25. The highest BCUT2D eigenvalue weighted by Crippen LogP contribution is 2.16. The Morgan fingerprint density at radius 3 is 2.47 bits per heavy atom. The van der Waals surface area contributed by atoms with E-state index in [0.717, 1.165) is 0 Å². The number of hydrogen-bond acceptors (Lipinski definition) is 3. The van der Waals surface area contributed by atoms with Crippen LogP contribution < -0.4 is 5.32 Å². The Hall–Kier alpha value is -1.06. The van der Waals surface area contributed by atoms with Crippen molar-refractivity contribution in [2.75, 3.05) is 32.6 Å². The highest BCUT2D eigenvalue weighted by Gasteiger charge is 2.15. The van der Waals surface area contributed by atoms with Gasteiger partial charge in [0.1, 0.15) is 0 Å². The second-order valence-electron chi connectivity index (χ2n) is 4.85. The molecule has 1 N–H and O–H groups in total. The number of anilines is 1. The third-order valence-electron chi connectivity index (χ3n) is 3.35. The number of ether oxygens (including phenoxy) is 1. The number of methoxy groups -OCH3 is 1. The minimum atomic E-state index is 0.625. The predicted molar refractivity (Wildman–Crippen MR) is 71.3 cm³/mol. The van der Waals surface area contributed by atoms with Gasteiger partial charge in [0.15, 0.2) is 0 Å². The smallest absolute Gasteiger partial charge is 0.0713 e. The number of nitrogens with one attached hydrogen (secondary N) is 1. The van der Waals surface area contributed by atoms with Crippen LogP contribution in [-0.4, -0.2) is 38.2 Å². The summed E-state index contributed by atoms with van der Waals surface area (Å²) in [5, 5.41) is 3.60. The van der Waals surface area contributed by atoms with Crippen molar-refractivity contribution in [3.63, 3.8) is 0 Å². The molecule has 2 rings (SSSR count). The molecule has 94 valence electrons. The van der Waals surface area contributed by atoms with E-state index < -0.39 is 0 Å². The van der Waals surface area contributed by atoms with E-state index in [4.69, 9.17) is 4.74 Å². The summed E-state index contributed by atoms with van der Waals surface area (Å²) in [6.07, 6.45) is 2.46. The van der Waals surface area contributed by atoms with Gasteiger partial charge in [0.2, 0.25) is 0 Å². The van der Waals surface area contributed by atoms with Crippen LogP contribution in [0.1, 0.15) is 18.4 Å². The molecule has 1 aromatic carbocycles. The summed E-state index contributed by atoms with van der Waals surface area (Å²) in [7, 11) is 3.92. The molecule has 0 radical (unpaired) electrons. The van der Waals surface area contributed by atoms with Gasteiger partial charge >= 0.3 is 0 Å². The maximum atomic E-state index is 5.10. The minimum absolute atomic E-state index is 0.625. The van der Waals surface area contributed by atoms with E-state index >= 15 is 0 Å². The zero-order valence-corrected chi connectivity index (χ0v) is 10.8. The monoisotopic (exact) mass is 234 g/mol. The first-order valence-electron chi connectivity index (χ1n) is 6.31. The first-order chi connectivity index (χ1) is 8.28. The van der Waals surface area contributed by atoms with Gasteiger partial charge in [-0.05, 0) is 50.7 Å². The number of hydrogen-bond donors (Lipinski definition) is 1. The summed E-state index contributed by atoms with van der Waals surface area (Å²) in [5.74, 6) is 0. The lowest BCUT2D eigenvalue weighted by molar-refractivity contribution is 0.185. The molecule has 17 heavy (non-hydrogen) atoms. The van der Waals surface area contributed by atoms with Gasteiger partial charge in [-0.25, -0.2) is 0 Å². The van der Waals surface area contributed by atoms with Crippen LogP contribution in [0, 0.1) is 0 Å². The number of benzene rings is 1. The number of piperidine rings is 1. The van der Waals surface area contributed by atoms with E-state index in [0.29, 0.717) is 12.6 Å². The van der Waals surface area contributed by atoms with Gasteiger partial charge in [-0.15, -0.1) is 0 Å². The summed E-state index contributed by atoms with van der Waals surface area (Å²) in [5.41, 5.74) is 2.45. The molecule has 0 spiro atoms. The Labute approximate surface area is 104 Å². The molecular weight excluding hydrogens is 212 g/mol. The Morgan fingerprint density at radius 2 is 1.88 bits per heavy atom. The topological polar surface area (TPSA) is 24.5 Å². The zero-order valence-electron chi connectivity index (χ0n) is 10.8. The molecule has 1 aliphatic rings. The molecule has 0 aromatic heterocycles. The Bertz CT molecular complexity index is 329. The van der Waals surface area contributed by atoms with E-state index in [1.54, 1.807) is 7.11 Å². The third kappa shape index (κ3) is 3.72. The lowest BCUT2D eigenvalue weighted by Crippen LogP contribution is -2.36. The second-order valence-corrected chi connectivity index (χ2v) is 4.85. The highest BCUT2D eigenvalue weighted by atomic mass is 16.5. The molecule has 0 bridgehead atoms. The summed E-state index contributed by atoms with van der Waals surface area (Å²) in [6, 6.07) is 9.17. The minimum Gasteiger partial charge on any atom is -0.382 e. The maximum Gasteiger partial charge on any atom is 0.0713 e. The summed E-state index contributed by atoms with van der Waals surface area (Å²) in [4.78, 5) is 2.39. The molecule has 3 heteroatoms. The Morgan fingerprint density at radius 1 is 1.24 bits per heavy atom. The lowest BCUT2D eigenvalue weighted by Gasteiger charge is -2.30. The van der Waals surface area contributed by atoms with E-state index in [1.165, 1.54) is 37.2 Å². The molecular formula is C14H22N2O. The quantitative estimate of drug-likeness (QED) is 0.865. The van der Waals surface area contributed by atoms with Crippen molar-refractivity contribution in [3.8, 4) is 0 Å². The van der Waals surface area contributed by atoms with E-state index in [-0.39, 0.29) is 0 Å². The first-order valence-corrected chi connectivity index (χ1v) is 6.31. The molecule has 1 aliphatic heterocycles. The molecule has 0 atom stereocenters. The fraction of sp³-hybridized carbons (Fsp3) is 0.571.